The minimum atomic E-state index is -0.0587. The number of carbonyl (C=O) groups is 1. The first-order valence-electron chi connectivity index (χ1n) is 8.98. The van der Waals surface area contributed by atoms with Crippen LogP contribution in [0.3, 0.4) is 0 Å². The highest BCUT2D eigenvalue weighted by atomic mass is 16.5. The molecule has 1 N–H and O–H groups in total. The number of nitrogens with zero attached hydrogens (tertiary/aromatic N) is 3. The number of ether oxygens (including phenoxy) is 1. The molecule has 144 valence electrons. The largest absolute Gasteiger partial charge is 0.484 e. The van der Waals surface area contributed by atoms with E-state index in [1.54, 1.807) is 14.1 Å². The van der Waals surface area contributed by atoms with E-state index < -0.39 is 0 Å². The van der Waals surface area contributed by atoms with Gasteiger partial charge in [-0.15, -0.1) is 0 Å². The summed E-state index contributed by atoms with van der Waals surface area (Å²) in [6.07, 6.45) is 0. The quantitative estimate of drug-likeness (QED) is 0.647. The molecule has 26 heavy (non-hydrogen) atoms. The Morgan fingerprint density at radius 1 is 1.31 bits per heavy atom. The predicted molar refractivity (Wildman–Crippen MR) is 105 cm³/mol. The molecule has 0 atom stereocenters. The van der Waals surface area contributed by atoms with Crippen molar-refractivity contribution in [1.29, 1.82) is 0 Å². The second-order valence-electron chi connectivity index (χ2n) is 8.15. The zero-order chi connectivity index (χ0) is 19.5. The van der Waals surface area contributed by atoms with Crippen LogP contribution in [0.4, 0.5) is 0 Å². The minimum absolute atomic E-state index is 0.0442. The van der Waals surface area contributed by atoms with E-state index in [9.17, 15) is 4.79 Å². The standard InChI is InChI=1S/C20H32N4O2/c1-19(2)14-24(20(19,3)4)18(21-5)22-12-15-9-8-10-16(11-15)26-13-17(25)23(6)7/h8-11H,12-14H2,1-7H3,(H,21,22). The lowest BCUT2D eigenvalue weighted by Crippen LogP contribution is -2.72. The topological polar surface area (TPSA) is 57.2 Å². The van der Waals surface area contributed by atoms with Gasteiger partial charge in [-0.2, -0.15) is 0 Å². The van der Waals surface area contributed by atoms with Crippen LogP contribution in [0.2, 0.25) is 0 Å². The summed E-state index contributed by atoms with van der Waals surface area (Å²) in [6, 6.07) is 7.79. The zero-order valence-corrected chi connectivity index (χ0v) is 17.1. The van der Waals surface area contributed by atoms with Crippen molar-refractivity contribution in [2.45, 2.75) is 39.8 Å². The van der Waals surface area contributed by atoms with Gasteiger partial charge in [-0.3, -0.25) is 9.79 Å². The summed E-state index contributed by atoms with van der Waals surface area (Å²) in [4.78, 5) is 19.9. The summed E-state index contributed by atoms with van der Waals surface area (Å²) < 4.78 is 5.58. The van der Waals surface area contributed by atoms with Gasteiger partial charge in [0.05, 0.1) is 0 Å². The molecule has 1 aromatic rings. The second-order valence-corrected chi connectivity index (χ2v) is 8.15. The highest BCUT2D eigenvalue weighted by Crippen LogP contribution is 2.46. The Hall–Kier alpha value is -2.24. The Morgan fingerprint density at radius 3 is 2.54 bits per heavy atom. The average molecular weight is 361 g/mol. The molecule has 0 aliphatic carbocycles. The van der Waals surface area contributed by atoms with E-state index >= 15 is 0 Å². The van der Waals surface area contributed by atoms with Crippen molar-refractivity contribution in [3.63, 3.8) is 0 Å². The molecule has 0 bridgehead atoms. The molecule has 1 saturated heterocycles. The molecule has 1 fully saturated rings. The molecule has 1 amide bonds. The normalized spacial score (nSPS) is 18.1. The summed E-state index contributed by atoms with van der Waals surface area (Å²) in [7, 11) is 5.25. The molecule has 0 saturated carbocycles. The maximum Gasteiger partial charge on any atom is 0.259 e. The summed E-state index contributed by atoms with van der Waals surface area (Å²) >= 11 is 0. The fourth-order valence-electron chi connectivity index (χ4n) is 2.90. The minimum Gasteiger partial charge on any atom is -0.484 e. The molecule has 0 unspecified atom stereocenters. The van der Waals surface area contributed by atoms with Gasteiger partial charge in [0.1, 0.15) is 5.75 Å². The Bertz CT molecular complexity index is 680. The first kappa shape index (κ1) is 20.1. The average Bonchev–Trinajstić information content (AvgIpc) is 2.59. The van der Waals surface area contributed by atoms with Gasteiger partial charge in [0.15, 0.2) is 12.6 Å². The fraction of sp³-hybridized carbons (Fsp3) is 0.600. The predicted octanol–water partition coefficient (Wildman–Crippen LogP) is 2.35. The highest BCUT2D eigenvalue weighted by Gasteiger charge is 2.53. The van der Waals surface area contributed by atoms with Crippen LogP contribution in [-0.4, -0.2) is 61.5 Å². The number of likely N-dealkylation sites (tertiary alicyclic amines) is 1. The maximum absolute atomic E-state index is 11.7. The van der Waals surface area contributed by atoms with Crippen molar-refractivity contribution in [3.8, 4) is 5.75 Å². The Labute approximate surface area is 157 Å². The van der Waals surface area contributed by atoms with Crippen molar-refractivity contribution in [1.82, 2.24) is 15.1 Å². The van der Waals surface area contributed by atoms with Crippen LogP contribution in [0, 0.1) is 5.41 Å². The van der Waals surface area contributed by atoms with E-state index in [-0.39, 0.29) is 23.5 Å². The fourth-order valence-corrected chi connectivity index (χ4v) is 2.90. The Morgan fingerprint density at radius 2 is 2.00 bits per heavy atom. The van der Waals surface area contributed by atoms with Gasteiger partial charge in [0.2, 0.25) is 0 Å². The summed E-state index contributed by atoms with van der Waals surface area (Å²) in [6.45, 7) is 10.7. The molecule has 1 aromatic carbocycles. The Balaban J connectivity index is 1.95. The molecule has 6 heteroatoms. The molecule has 1 heterocycles. The molecular weight excluding hydrogens is 328 g/mol. The first-order chi connectivity index (χ1) is 12.1. The molecular formula is C20H32N4O2. The number of likely N-dealkylation sites (N-methyl/N-ethyl adjacent to an activating group) is 1. The lowest BCUT2D eigenvalue weighted by Gasteiger charge is -2.62. The molecule has 1 aliphatic rings. The second kappa shape index (κ2) is 7.56. The Kier molecular flexibility index (Phi) is 5.84. The van der Waals surface area contributed by atoms with Gasteiger partial charge >= 0.3 is 0 Å². The highest BCUT2D eigenvalue weighted by molar-refractivity contribution is 5.82. The number of hydrogen-bond donors (Lipinski definition) is 1. The van der Waals surface area contributed by atoms with Gasteiger partial charge in [0.25, 0.3) is 5.91 Å². The number of rotatable bonds is 5. The van der Waals surface area contributed by atoms with Crippen molar-refractivity contribution in [3.05, 3.63) is 29.8 Å². The van der Waals surface area contributed by atoms with Crippen LogP contribution in [-0.2, 0) is 11.3 Å². The van der Waals surface area contributed by atoms with E-state index in [2.05, 4.69) is 42.9 Å². The van der Waals surface area contributed by atoms with Crippen molar-refractivity contribution < 1.29 is 9.53 Å². The number of hydrogen-bond acceptors (Lipinski definition) is 3. The molecule has 0 spiro atoms. The van der Waals surface area contributed by atoms with Crippen LogP contribution >= 0.6 is 0 Å². The van der Waals surface area contributed by atoms with E-state index in [1.165, 1.54) is 4.90 Å². The van der Waals surface area contributed by atoms with E-state index in [4.69, 9.17) is 4.74 Å². The number of nitrogens with one attached hydrogen (secondary N) is 1. The smallest absolute Gasteiger partial charge is 0.259 e. The monoisotopic (exact) mass is 360 g/mol. The third-order valence-corrected chi connectivity index (χ3v) is 5.56. The summed E-state index contributed by atoms with van der Waals surface area (Å²) in [5.74, 6) is 1.54. The van der Waals surface area contributed by atoms with Gasteiger partial charge in [-0.05, 0) is 31.5 Å². The lowest BCUT2D eigenvalue weighted by atomic mass is 9.65. The number of carbonyl (C=O) groups excluding carboxylic acids is 1. The van der Waals surface area contributed by atoms with Gasteiger partial charge < -0.3 is 19.9 Å². The summed E-state index contributed by atoms with van der Waals surface area (Å²) in [5.41, 5.74) is 1.41. The van der Waals surface area contributed by atoms with Gasteiger partial charge in [-0.1, -0.05) is 26.0 Å². The maximum atomic E-state index is 11.7. The molecule has 6 nitrogen and oxygen atoms in total. The lowest BCUT2D eigenvalue weighted by molar-refractivity contribution is -0.130. The third-order valence-electron chi connectivity index (χ3n) is 5.56. The van der Waals surface area contributed by atoms with Crippen LogP contribution in [0.5, 0.6) is 5.75 Å². The van der Waals surface area contributed by atoms with Crippen molar-refractivity contribution in [2.75, 3.05) is 34.3 Å². The number of aliphatic imine (C=N–C) groups is 1. The summed E-state index contributed by atoms with van der Waals surface area (Å²) in [5, 5.41) is 3.44. The third kappa shape index (κ3) is 4.11. The number of benzene rings is 1. The molecule has 0 radical (unpaired) electrons. The molecule has 0 aromatic heterocycles. The molecule has 2 rings (SSSR count). The van der Waals surface area contributed by atoms with Gasteiger partial charge in [-0.25, -0.2) is 0 Å². The number of guanidine groups is 1. The van der Waals surface area contributed by atoms with Crippen LogP contribution in [0.15, 0.2) is 29.3 Å². The SMILES string of the molecule is CN=C(NCc1cccc(OCC(=O)N(C)C)c1)N1CC(C)(C)C1(C)C. The van der Waals surface area contributed by atoms with Gasteiger partial charge in [0, 0.05) is 45.2 Å². The van der Waals surface area contributed by atoms with E-state index in [0.29, 0.717) is 12.3 Å². The van der Waals surface area contributed by atoms with Crippen LogP contribution in [0.25, 0.3) is 0 Å². The van der Waals surface area contributed by atoms with Crippen LogP contribution < -0.4 is 10.1 Å². The molecule has 1 aliphatic heterocycles. The van der Waals surface area contributed by atoms with Crippen LogP contribution in [0.1, 0.15) is 33.3 Å². The zero-order valence-electron chi connectivity index (χ0n) is 17.1. The number of amides is 1. The van der Waals surface area contributed by atoms with Crippen molar-refractivity contribution >= 4 is 11.9 Å². The van der Waals surface area contributed by atoms with E-state index in [0.717, 1.165) is 18.1 Å². The first-order valence-corrected chi connectivity index (χ1v) is 8.98. The van der Waals surface area contributed by atoms with E-state index in [1.807, 2.05) is 31.3 Å². The van der Waals surface area contributed by atoms with Crippen molar-refractivity contribution in [2.24, 2.45) is 10.4 Å².